The number of aryl methyl sites for hydroxylation is 1. The van der Waals surface area contributed by atoms with Crippen LogP contribution in [0.1, 0.15) is 17.5 Å². The Morgan fingerprint density at radius 3 is 2.62 bits per heavy atom. The van der Waals surface area contributed by atoms with E-state index in [4.69, 9.17) is 15.2 Å². The lowest BCUT2D eigenvalue weighted by Gasteiger charge is -2.11. The normalized spacial score (nSPS) is 10.2. The molecule has 0 aliphatic heterocycles. The van der Waals surface area contributed by atoms with E-state index in [-0.39, 0.29) is 5.91 Å². The monoisotopic (exact) mass is 328 g/mol. The minimum absolute atomic E-state index is 0.0271. The lowest BCUT2D eigenvalue weighted by molar-refractivity contribution is -0.121. The summed E-state index contributed by atoms with van der Waals surface area (Å²) >= 11 is 0. The second kappa shape index (κ2) is 8.82. The number of carbonyl (C=O) groups is 1. The summed E-state index contributed by atoms with van der Waals surface area (Å²) in [5, 5.41) is 2.94. The Morgan fingerprint density at radius 1 is 1.08 bits per heavy atom. The molecule has 0 aromatic heterocycles. The first-order chi connectivity index (χ1) is 11.6. The van der Waals surface area contributed by atoms with Gasteiger partial charge >= 0.3 is 0 Å². The SMILES string of the molecule is COc1ccc(OC)c(CCNC(=O)CCc2cccc(N)c2)c1. The lowest BCUT2D eigenvalue weighted by Crippen LogP contribution is -2.26. The van der Waals surface area contributed by atoms with Gasteiger partial charge in [0.25, 0.3) is 0 Å². The molecule has 128 valence electrons. The maximum absolute atomic E-state index is 12.0. The minimum atomic E-state index is 0.0271. The Balaban J connectivity index is 1.80. The standard InChI is InChI=1S/C19H24N2O3/c1-23-17-7-8-18(24-2)15(13-17)10-11-21-19(22)9-6-14-4-3-5-16(20)12-14/h3-5,7-8,12-13H,6,9-11,20H2,1-2H3,(H,21,22). The maximum atomic E-state index is 12.0. The number of hydrogen-bond donors (Lipinski definition) is 2. The number of methoxy groups -OCH3 is 2. The molecule has 2 aromatic carbocycles. The number of carbonyl (C=O) groups excluding carboxylic acids is 1. The highest BCUT2D eigenvalue weighted by atomic mass is 16.5. The number of ether oxygens (including phenoxy) is 2. The molecular weight excluding hydrogens is 304 g/mol. The third kappa shape index (κ3) is 5.19. The van der Waals surface area contributed by atoms with E-state index < -0.39 is 0 Å². The number of amides is 1. The molecule has 0 saturated heterocycles. The quantitative estimate of drug-likeness (QED) is 0.731. The molecule has 0 aliphatic carbocycles. The van der Waals surface area contributed by atoms with Gasteiger partial charge < -0.3 is 20.5 Å². The van der Waals surface area contributed by atoms with Gasteiger partial charge in [-0.15, -0.1) is 0 Å². The van der Waals surface area contributed by atoms with E-state index in [2.05, 4.69) is 5.32 Å². The Morgan fingerprint density at radius 2 is 1.92 bits per heavy atom. The second-order valence-electron chi connectivity index (χ2n) is 5.52. The van der Waals surface area contributed by atoms with Crippen molar-refractivity contribution >= 4 is 11.6 Å². The Kier molecular flexibility index (Phi) is 6.49. The predicted octanol–water partition coefficient (Wildman–Crippen LogP) is 2.58. The van der Waals surface area contributed by atoms with E-state index >= 15 is 0 Å². The highest BCUT2D eigenvalue weighted by molar-refractivity contribution is 5.76. The van der Waals surface area contributed by atoms with Crippen molar-refractivity contribution in [2.45, 2.75) is 19.3 Å². The molecule has 2 rings (SSSR count). The summed E-state index contributed by atoms with van der Waals surface area (Å²) < 4.78 is 10.6. The van der Waals surface area contributed by atoms with Crippen LogP contribution in [0, 0.1) is 0 Å². The third-order valence-electron chi connectivity index (χ3n) is 3.80. The number of hydrogen-bond acceptors (Lipinski definition) is 4. The molecule has 5 nitrogen and oxygen atoms in total. The highest BCUT2D eigenvalue weighted by Crippen LogP contribution is 2.24. The van der Waals surface area contributed by atoms with Crippen molar-refractivity contribution in [3.8, 4) is 11.5 Å². The number of nitrogens with two attached hydrogens (primary N) is 1. The summed E-state index contributed by atoms with van der Waals surface area (Å²) in [6.07, 6.45) is 1.81. The zero-order valence-electron chi connectivity index (χ0n) is 14.2. The van der Waals surface area contributed by atoms with Crippen molar-refractivity contribution in [1.82, 2.24) is 5.32 Å². The van der Waals surface area contributed by atoms with Gasteiger partial charge in [-0.1, -0.05) is 12.1 Å². The van der Waals surface area contributed by atoms with Gasteiger partial charge in [-0.25, -0.2) is 0 Å². The summed E-state index contributed by atoms with van der Waals surface area (Å²) in [5.74, 6) is 1.60. The van der Waals surface area contributed by atoms with Crippen LogP contribution >= 0.6 is 0 Å². The van der Waals surface area contributed by atoms with Crippen molar-refractivity contribution in [1.29, 1.82) is 0 Å². The van der Waals surface area contributed by atoms with Crippen LogP contribution in [0.15, 0.2) is 42.5 Å². The van der Waals surface area contributed by atoms with Gasteiger partial charge in [-0.3, -0.25) is 4.79 Å². The molecule has 0 bridgehead atoms. The van der Waals surface area contributed by atoms with Crippen LogP contribution in [-0.4, -0.2) is 26.7 Å². The third-order valence-corrected chi connectivity index (χ3v) is 3.80. The van der Waals surface area contributed by atoms with Crippen LogP contribution in [-0.2, 0) is 17.6 Å². The molecule has 0 atom stereocenters. The second-order valence-corrected chi connectivity index (χ2v) is 5.52. The molecule has 0 radical (unpaired) electrons. The van der Waals surface area contributed by atoms with Gasteiger partial charge in [-0.05, 0) is 54.3 Å². The minimum Gasteiger partial charge on any atom is -0.497 e. The average molecular weight is 328 g/mol. The fourth-order valence-electron chi connectivity index (χ4n) is 2.51. The first kappa shape index (κ1) is 17.7. The molecule has 5 heteroatoms. The molecule has 24 heavy (non-hydrogen) atoms. The van der Waals surface area contributed by atoms with Gasteiger partial charge in [-0.2, -0.15) is 0 Å². The average Bonchev–Trinajstić information content (AvgIpc) is 2.60. The molecule has 0 unspecified atom stereocenters. The van der Waals surface area contributed by atoms with Gasteiger partial charge in [0.05, 0.1) is 14.2 Å². The summed E-state index contributed by atoms with van der Waals surface area (Å²) in [6, 6.07) is 13.3. The smallest absolute Gasteiger partial charge is 0.220 e. The van der Waals surface area contributed by atoms with E-state index in [1.54, 1.807) is 14.2 Å². The zero-order valence-corrected chi connectivity index (χ0v) is 14.2. The molecule has 0 saturated carbocycles. The molecule has 0 aliphatic rings. The van der Waals surface area contributed by atoms with Crippen molar-refractivity contribution in [2.24, 2.45) is 0 Å². The van der Waals surface area contributed by atoms with Crippen LogP contribution in [0.2, 0.25) is 0 Å². The topological polar surface area (TPSA) is 73.6 Å². The van der Waals surface area contributed by atoms with Crippen LogP contribution in [0.4, 0.5) is 5.69 Å². The number of rotatable bonds is 8. The largest absolute Gasteiger partial charge is 0.497 e. The number of anilines is 1. The van der Waals surface area contributed by atoms with E-state index in [0.717, 1.165) is 28.3 Å². The number of nitrogen functional groups attached to an aromatic ring is 1. The highest BCUT2D eigenvalue weighted by Gasteiger charge is 2.07. The Labute approximate surface area is 142 Å². The molecule has 3 N–H and O–H groups in total. The van der Waals surface area contributed by atoms with Crippen molar-refractivity contribution in [2.75, 3.05) is 26.5 Å². The Hall–Kier alpha value is -2.69. The van der Waals surface area contributed by atoms with Crippen LogP contribution in [0.5, 0.6) is 11.5 Å². The maximum Gasteiger partial charge on any atom is 0.220 e. The molecule has 0 fully saturated rings. The summed E-state index contributed by atoms with van der Waals surface area (Å²) in [4.78, 5) is 12.0. The first-order valence-corrected chi connectivity index (χ1v) is 7.94. The van der Waals surface area contributed by atoms with Crippen LogP contribution < -0.4 is 20.5 Å². The van der Waals surface area contributed by atoms with Crippen molar-refractivity contribution in [3.63, 3.8) is 0 Å². The first-order valence-electron chi connectivity index (χ1n) is 7.94. The van der Waals surface area contributed by atoms with E-state index in [1.807, 2.05) is 42.5 Å². The summed E-state index contributed by atoms with van der Waals surface area (Å²) in [7, 11) is 3.26. The molecule has 1 amide bonds. The van der Waals surface area contributed by atoms with E-state index in [1.165, 1.54) is 0 Å². The fraction of sp³-hybridized carbons (Fsp3) is 0.316. The molecule has 0 heterocycles. The number of benzene rings is 2. The summed E-state index contributed by atoms with van der Waals surface area (Å²) in [6.45, 7) is 0.555. The zero-order chi connectivity index (χ0) is 17.4. The van der Waals surface area contributed by atoms with E-state index in [0.29, 0.717) is 25.8 Å². The van der Waals surface area contributed by atoms with Crippen molar-refractivity contribution < 1.29 is 14.3 Å². The van der Waals surface area contributed by atoms with Gasteiger partial charge in [0.15, 0.2) is 0 Å². The van der Waals surface area contributed by atoms with Crippen molar-refractivity contribution in [3.05, 3.63) is 53.6 Å². The van der Waals surface area contributed by atoms with Gasteiger partial charge in [0.1, 0.15) is 11.5 Å². The van der Waals surface area contributed by atoms with E-state index in [9.17, 15) is 4.79 Å². The molecule has 2 aromatic rings. The predicted molar refractivity (Wildman–Crippen MR) is 95.4 cm³/mol. The van der Waals surface area contributed by atoms with Crippen LogP contribution in [0.25, 0.3) is 0 Å². The molecular formula is C19H24N2O3. The Bertz CT molecular complexity index is 686. The molecule has 0 spiro atoms. The van der Waals surface area contributed by atoms with Crippen LogP contribution in [0.3, 0.4) is 0 Å². The lowest BCUT2D eigenvalue weighted by atomic mass is 10.1. The number of nitrogens with one attached hydrogen (secondary N) is 1. The summed E-state index contributed by atoms with van der Waals surface area (Å²) in [5.41, 5.74) is 8.53. The van der Waals surface area contributed by atoms with Gasteiger partial charge in [0, 0.05) is 18.7 Å². The van der Waals surface area contributed by atoms with Gasteiger partial charge in [0.2, 0.25) is 5.91 Å². The fourth-order valence-corrected chi connectivity index (χ4v) is 2.51.